The monoisotopic (exact) mass is 301 g/mol. The van der Waals surface area contributed by atoms with Crippen molar-refractivity contribution in [2.75, 3.05) is 6.61 Å². The maximum Gasteiger partial charge on any atom is 0.573 e. The van der Waals surface area contributed by atoms with E-state index >= 15 is 0 Å². The van der Waals surface area contributed by atoms with Gasteiger partial charge >= 0.3 is 12.3 Å². The Kier molecular flexibility index (Phi) is 5.59. The van der Waals surface area contributed by atoms with Crippen molar-refractivity contribution in [1.82, 2.24) is 0 Å². The lowest BCUT2D eigenvalue weighted by Gasteiger charge is -2.15. The molecule has 0 heterocycles. The first-order valence-corrected chi connectivity index (χ1v) is 6.28. The highest BCUT2D eigenvalue weighted by Crippen LogP contribution is 2.30. The second-order valence-corrected chi connectivity index (χ2v) is 4.11. The van der Waals surface area contributed by atoms with Gasteiger partial charge in [0.25, 0.3) is 0 Å². The van der Waals surface area contributed by atoms with Crippen molar-refractivity contribution in [1.29, 1.82) is 5.26 Å². The fourth-order valence-corrected chi connectivity index (χ4v) is 1.79. The number of carbonyl (C=O) groups excluding carboxylic acids is 1. The van der Waals surface area contributed by atoms with Crippen molar-refractivity contribution >= 4 is 5.97 Å². The van der Waals surface area contributed by atoms with E-state index in [1.54, 1.807) is 13.8 Å². The second-order valence-electron chi connectivity index (χ2n) is 4.11. The molecule has 1 aromatic carbocycles. The van der Waals surface area contributed by atoms with Crippen molar-refractivity contribution in [3.8, 4) is 11.8 Å². The molecule has 0 fully saturated rings. The predicted molar refractivity (Wildman–Crippen MR) is 67.6 cm³/mol. The van der Waals surface area contributed by atoms with Crippen LogP contribution in [-0.4, -0.2) is 18.9 Å². The van der Waals surface area contributed by atoms with Crippen LogP contribution in [0.2, 0.25) is 0 Å². The lowest BCUT2D eigenvalue weighted by Crippen LogP contribution is -2.19. The van der Waals surface area contributed by atoms with E-state index in [-0.39, 0.29) is 17.7 Å². The molecular formula is C14H14F3NO3. The maximum absolute atomic E-state index is 12.4. The fraction of sp³-hybridized carbons (Fsp3) is 0.429. The van der Waals surface area contributed by atoms with E-state index in [4.69, 9.17) is 10.00 Å². The third kappa shape index (κ3) is 4.99. The lowest BCUT2D eigenvalue weighted by atomic mass is 10.00. The molecule has 0 aliphatic rings. The Morgan fingerprint density at radius 3 is 2.43 bits per heavy atom. The molecule has 0 radical (unpaired) electrons. The zero-order valence-corrected chi connectivity index (χ0v) is 11.6. The van der Waals surface area contributed by atoms with Crippen LogP contribution in [0.25, 0.3) is 0 Å². The van der Waals surface area contributed by atoms with Gasteiger partial charge in [0.1, 0.15) is 5.75 Å². The van der Waals surface area contributed by atoms with Gasteiger partial charge in [0.05, 0.1) is 24.7 Å². The molecule has 0 saturated carbocycles. The standard InChI is InChI=1S/C14H14F3NO3/c1-3-9-6-12(21-14(15,16)17)10(5-11(9)8-18)7-13(19)20-4-2/h5-6H,3-4,7H2,1-2H3. The predicted octanol–water partition coefficient (Wildman–Crippen LogP) is 3.12. The molecule has 4 nitrogen and oxygen atoms in total. The van der Waals surface area contributed by atoms with Gasteiger partial charge in [-0.05, 0) is 31.0 Å². The molecule has 0 aromatic heterocycles. The zero-order valence-electron chi connectivity index (χ0n) is 11.6. The molecule has 1 rings (SSSR count). The van der Waals surface area contributed by atoms with E-state index < -0.39 is 24.5 Å². The largest absolute Gasteiger partial charge is 0.573 e. The van der Waals surface area contributed by atoms with Crippen molar-refractivity contribution in [2.45, 2.75) is 33.1 Å². The maximum atomic E-state index is 12.4. The number of benzene rings is 1. The number of nitriles is 1. The molecule has 0 aliphatic heterocycles. The normalized spacial score (nSPS) is 10.9. The summed E-state index contributed by atoms with van der Waals surface area (Å²) < 4.78 is 45.9. The third-order valence-electron chi connectivity index (χ3n) is 2.65. The zero-order chi connectivity index (χ0) is 16.0. The molecular weight excluding hydrogens is 287 g/mol. The average Bonchev–Trinajstić information content (AvgIpc) is 2.38. The summed E-state index contributed by atoms with van der Waals surface area (Å²) in [6.45, 7) is 3.41. The van der Waals surface area contributed by atoms with Gasteiger partial charge in [-0.25, -0.2) is 0 Å². The number of hydrogen-bond acceptors (Lipinski definition) is 4. The molecule has 0 bridgehead atoms. The molecule has 0 atom stereocenters. The quantitative estimate of drug-likeness (QED) is 0.784. The van der Waals surface area contributed by atoms with Crippen LogP contribution in [0, 0.1) is 11.3 Å². The summed E-state index contributed by atoms with van der Waals surface area (Å²) in [7, 11) is 0. The third-order valence-corrected chi connectivity index (χ3v) is 2.65. The van der Waals surface area contributed by atoms with Gasteiger partial charge < -0.3 is 9.47 Å². The van der Waals surface area contributed by atoms with Crippen molar-refractivity contribution in [2.24, 2.45) is 0 Å². The molecule has 7 heteroatoms. The highest BCUT2D eigenvalue weighted by Gasteiger charge is 2.32. The molecule has 0 saturated heterocycles. The Morgan fingerprint density at radius 2 is 1.95 bits per heavy atom. The van der Waals surface area contributed by atoms with E-state index in [2.05, 4.69) is 4.74 Å². The van der Waals surface area contributed by atoms with Crippen LogP contribution in [0.4, 0.5) is 13.2 Å². The minimum Gasteiger partial charge on any atom is -0.466 e. The number of aryl methyl sites for hydroxylation is 1. The number of carbonyl (C=O) groups is 1. The van der Waals surface area contributed by atoms with Crippen molar-refractivity contribution in [3.63, 3.8) is 0 Å². The summed E-state index contributed by atoms with van der Waals surface area (Å²) in [5, 5.41) is 9.01. The first-order chi connectivity index (χ1) is 9.80. The van der Waals surface area contributed by atoms with Gasteiger partial charge in [-0.15, -0.1) is 13.2 Å². The van der Waals surface area contributed by atoms with Crippen LogP contribution in [-0.2, 0) is 22.4 Å². The molecule has 0 spiro atoms. The minimum absolute atomic E-state index is 0.0282. The van der Waals surface area contributed by atoms with Crippen LogP contribution in [0.3, 0.4) is 0 Å². The summed E-state index contributed by atoms with van der Waals surface area (Å²) in [6, 6.07) is 4.27. The second kappa shape index (κ2) is 6.97. The topological polar surface area (TPSA) is 59.3 Å². The van der Waals surface area contributed by atoms with Crippen LogP contribution in [0.1, 0.15) is 30.5 Å². The lowest BCUT2D eigenvalue weighted by molar-refractivity contribution is -0.275. The number of ether oxygens (including phenoxy) is 2. The molecule has 114 valence electrons. The number of rotatable bonds is 5. The Balaban J connectivity index is 3.23. The Morgan fingerprint density at radius 1 is 1.29 bits per heavy atom. The summed E-state index contributed by atoms with van der Waals surface area (Å²) in [6.07, 6.45) is -4.89. The summed E-state index contributed by atoms with van der Waals surface area (Å²) >= 11 is 0. The molecule has 0 unspecified atom stereocenters. The van der Waals surface area contributed by atoms with Crippen LogP contribution >= 0.6 is 0 Å². The van der Waals surface area contributed by atoms with Gasteiger partial charge in [-0.2, -0.15) is 5.26 Å². The Labute approximate surface area is 120 Å². The molecule has 0 amide bonds. The molecule has 0 aliphatic carbocycles. The highest BCUT2D eigenvalue weighted by atomic mass is 19.4. The molecule has 0 N–H and O–H groups in total. The SMILES string of the molecule is CCOC(=O)Cc1cc(C#N)c(CC)cc1OC(F)(F)F. The smallest absolute Gasteiger partial charge is 0.466 e. The van der Waals surface area contributed by atoms with Gasteiger partial charge in [0.15, 0.2) is 0 Å². The van der Waals surface area contributed by atoms with Crippen molar-refractivity contribution < 1.29 is 27.4 Å². The van der Waals surface area contributed by atoms with Gasteiger partial charge in [0.2, 0.25) is 0 Å². The number of hydrogen-bond donors (Lipinski definition) is 0. The van der Waals surface area contributed by atoms with E-state index in [1.807, 2.05) is 6.07 Å². The number of nitrogens with zero attached hydrogens (tertiary/aromatic N) is 1. The average molecular weight is 301 g/mol. The van der Waals surface area contributed by atoms with E-state index in [1.165, 1.54) is 6.07 Å². The minimum atomic E-state index is -4.87. The fourth-order valence-electron chi connectivity index (χ4n) is 1.79. The Bertz CT molecular complexity index is 562. The Hall–Kier alpha value is -2.23. The van der Waals surface area contributed by atoms with E-state index in [9.17, 15) is 18.0 Å². The van der Waals surface area contributed by atoms with Crippen LogP contribution in [0.15, 0.2) is 12.1 Å². The van der Waals surface area contributed by atoms with Crippen LogP contribution in [0.5, 0.6) is 5.75 Å². The van der Waals surface area contributed by atoms with E-state index in [0.29, 0.717) is 12.0 Å². The molecule has 1 aromatic rings. The first kappa shape index (κ1) is 16.8. The summed E-state index contributed by atoms with van der Waals surface area (Å²) in [5.41, 5.74) is 0.607. The van der Waals surface area contributed by atoms with Gasteiger partial charge in [-0.1, -0.05) is 6.92 Å². The van der Waals surface area contributed by atoms with Gasteiger partial charge in [0, 0.05) is 5.56 Å². The number of alkyl halides is 3. The first-order valence-electron chi connectivity index (χ1n) is 6.28. The van der Waals surface area contributed by atoms with Gasteiger partial charge in [-0.3, -0.25) is 4.79 Å². The van der Waals surface area contributed by atoms with E-state index in [0.717, 1.165) is 6.07 Å². The summed E-state index contributed by atoms with van der Waals surface area (Å²) in [5.74, 6) is -1.16. The van der Waals surface area contributed by atoms with Crippen molar-refractivity contribution in [3.05, 3.63) is 28.8 Å². The summed E-state index contributed by atoms with van der Waals surface area (Å²) in [4.78, 5) is 11.4. The highest BCUT2D eigenvalue weighted by molar-refractivity contribution is 5.74. The number of esters is 1. The number of halogens is 3. The molecule has 21 heavy (non-hydrogen) atoms. The van der Waals surface area contributed by atoms with Crippen LogP contribution < -0.4 is 4.74 Å².